The second-order valence-electron chi connectivity index (χ2n) is 3.99. The van der Waals surface area contributed by atoms with Crippen LogP contribution >= 0.6 is 0 Å². The number of aliphatic hydroxyl groups is 1. The Balaban J connectivity index is 2.17. The summed E-state index contributed by atoms with van der Waals surface area (Å²) in [6, 6.07) is 0. The summed E-state index contributed by atoms with van der Waals surface area (Å²) in [5, 5.41) is 12.3. The van der Waals surface area contributed by atoms with Gasteiger partial charge in [0.05, 0.1) is 6.10 Å². The number of aliphatic hydroxyl groups excluding tert-OH is 1. The highest BCUT2D eigenvalue weighted by Crippen LogP contribution is 2.25. The molecule has 0 saturated heterocycles. The molecule has 0 radical (unpaired) electrons. The zero-order valence-corrected chi connectivity index (χ0v) is 8.87. The number of guanidine groups is 1. The van der Waals surface area contributed by atoms with Gasteiger partial charge in [-0.3, -0.25) is 4.99 Å². The van der Waals surface area contributed by atoms with Crippen LogP contribution in [0.5, 0.6) is 0 Å². The molecule has 0 aromatic rings. The molecule has 0 aromatic carbocycles. The molecule has 1 aliphatic carbocycles. The molecule has 2 atom stereocenters. The van der Waals surface area contributed by atoms with Gasteiger partial charge in [-0.1, -0.05) is 6.92 Å². The Kier molecular flexibility index (Phi) is 4.73. The van der Waals surface area contributed by atoms with Crippen LogP contribution in [0.25, 0.3) is 0 Å². The standard InChI is InChI=1S/C10H21N3O/c1-2-5-12-10(11)13-7-8-3-4-9(14)6-8/h8-9,14H,2-7H2,1H3,(H3,11,12,13). The molecule has 0 aromatic heterocycles. The van der Waals surface area contributed by atoms with Gasteiger partial charge >= 0.3 is 0 Å². The monoisotopic (exact) mass is 199 g/mol. The summed E-state index contributed by atoms with van der Waals surface area (Å²) in [7, 11) is 0. The molecule has 1 rings (SSSR count). The van der Waals surface area contributed by atoms with Crippen molar-refractivity contribution in [2.24, 2.45) is 16.6 Å². The molecule has 1 saturated carbocycles. The average Bonchev–Trinajstić information content (AvgIpc) is 2.58. The van der Waals surface area contributed by atoms with E-state index >= 15 is 0 Å². The summed E-state index contributed by atoms with van der Waals surface area (Å²) in [6.45, 7) is 3.72. The molecule has 2 unspecified atom stereocenters. The highest BCUT2D eigenvalue weighted by molar-refractivity contribution is 5.77. The van der Waals surface area contributed by atoms with E-state index in [9.17, 15) is 5.11 Å². The van der Waals surface area contributed by atoms with Gasteiger partial charge in [-0.25, -0.2) is 0 Å². The second kappa shape index (κ2) is 5.86. The van der Waals surface area contributed by atoms with E-state index in [0.717, 1.165) is 38.8 Å². The van der Waals surface area contributed by atoms with Crippen molar-refractivity contribution in [3.8, 4) is 0 Å². The molecule has 1 aliphatic rings. The van der Waals surface area contributed by atoms with Crippen LogP contribution < -0.4 is 11.1 Å². The summed E-state index contributed by atoms with van der Waals surface area (Å²) in [6.07, 6.45) is 3.82. The van der Waals surface area contributed by atoms with Gasteiger partial charge in [-0.15, -0.1) is 0 Å². The smallest absolute Gasteiger partial charge is 0.188 e. The minimum absolute atomic E-state index is 0.111. The lowest BCUT2D eigenvalue weighted by molar-refractivity contribution is 0.178. The van der Waals surface area contributed by atoms with Crippen LogP contribution in [0.4, 0.5) is 0 Å². The van der Waals surface area contributed by atoms with E-state index in [1.165, 1.54) is 0 Å². The van der Waals surface area contributed by atoms with Crippen LogP contribution in [-0.2, 0) is 0 Å². The Hall–Kier alpha value is -0.770. The van der Waals surface area contributed by atoms with Crippen LogP contribution in [0, 0.1) is 5.92 Å². The third-order valence-corrected chi connectivity index (χ3v) is 2.59. The van der Waals surface area contributed by atoms with Crippen LogP contribution in [0.3, 0.4) is 0 Å². The summed E-state index contributed by atoms with van der Waals surface area (Å²) in [4.78, 5) is 4.25. The maximum Gasteiger partial charge on any atom is 0.188 e. The van der Waals surface area contributed by atoms with Crippen molar-refractivity contribution in [3.63, 3.8) is 0 Å². The normalized spacial score (nSPS) is 28.0. The molecule has 4 N–H and O–H groups in total. The Morgan fingerprint density at radius 3 is 2.93 bits per heavy atom. The lowest BCUT2D eigenvalue weighted by atomic mass is 10.1. The highest BCUT2D eigenvalue weighted by Gasteiger charge is 2.22. The van der Waals surface area contributed by atoms with E-state index in [0.29, 0.717) is 11.9 Å². The van der Waals surface area contributed by atoms with E-state index in [2.05, 4.69) is 17.2 Å². The van der Waals surface area contributed by atoms with E-state index < -0.39 is 0 Å². The van der Waals surface area contributed by atoms with Crippen molar-refractivity contribution in [3.05, 3.63) is 0 Å². The van der Waals surface area contributed by atoms with Crippen molar-refractivity contribution in [1.29, 1.82) is 0 Å². The Labute approximate surface area is 85.6 Å². The van der Waals surface area contributed by atoms with Crippen LogP contribution in [-0.4, -0.2) is 30.3 Å². The molecule has 0 amide bonds. The number of aliphatic imine (C=N–C) groups is 1. The quantitative estimate of drug-likeness (QED) is 0.455. The molecule has 82 valence electrons. The third-order valence-electron chi connectivity index (χ3n) is 2.59. The number of nitrogens with zero attached hydrogens (tertiary/aromatic N) is 1. The summed E-state index contributed by atoms with van der Waals surface area (Å²) < 4.78 is 0. The number of nitrogens with two attached hydrogens (primary N) is 1. The summed E-state index contributed by atoms with van der Waals surface area (Å²) in [5.74, 6) is 1.06. The van der Waals surface area contributed by atoms with Crippen molar-refractivity contribution in [2.75, 3.05) is 13.1 Å². The fraction of sp³-hybridized carbons (Fsp3) is 0.900. The Morgan fingerprint density at radius 2 is 2.36 bits per heavy atom. The second-order valence-corrected chi connectivity index (χ2v) is 3.99. The van der Waals surface area contributed by atoms with Gasteiger partial charge in [0, 0.05) is 13.1 Å². The predicted octanol–water partition coefficient (Wildman–Crippen LogP) is 0.462. The summed E-state index contributed by atoms with van der Waals surface area (Å²) >= 11 is 0. The first-order valence-corrected chi connectivity index (χ1v) is 5.44. The van der Waals surface area contributed by atoms with Gasteiger partial charge in [-0.2, -0.15) is 0 Å². The van der Waals surface area contributed by atoms with E-state index in [4.69, 9.17) is 5.73 Å². The number of hydrogen-bond acceptors (Lipinski definition) is 2. The van der Waals surface area contributed by atoms with Crippen LogP contribution in [0.2, 0.25) is 0 Å². The lowest BCUT2D eigenvalue weighted by Crippen LogP contribution is -2.32. The molecule has 0 aliphatic heterocycles. The number of rotatable bonds is 4. The van der Waals surface area contributed by atoms with Crippen molar-refractivity contribution in [2.45, 2.75) is 38.7 Å². The Morgan fingerprint density at radius 1 is 1.57 bits per heavy atom. The molecule has 0 bridgehead atoms. The van der Waals surface area contributed by atoms with Crippen molar-refractivity contribution < 1.29 is 5.11 Å². The van der Waals surface area contributed by atoms with Crippen LogP contribution in [0.1, 0.15) is 32.6 Å². The first-order chi connectivity index (χ1) is 6.72. The molecule has 14 heavy (non-hydrogen) atoms. The summed E-state index contributed by atoms with van der Waals surface area (Å²) in [5.41, 5.74) is 5.65. The zero-order chi connectivity index (χ0) is 10.4. The largest absolute Gasteiger partial charge is 0.393 e. The number of hydrogen-bond donors (Lipinski definition) is 3. The average molecular weight is 199 g/mol. The van der Waals surface area contributed by atoms with Crippen molar-refractivity contribution in [1.82, 2.24) is 5.32 Å². The van der Waals surface area contributed by atoms with Gasteiger partial charge in [0.2, 0.25) is 0 Å². The van der Waals surface area contributed by atoms with E-state index in [-0.39, 0.29) is 6.10 Å². The van der Waals surface area contributed by atoms with E-state index in [1.807, 2.05) is 0 Å². The number of nitrogens with one attached hydrogen (secondary N) is 1. The fourth-order valence-electron chi connectivity index (χ4n) is 1.75. The van der Waals surface area contributed by atoms with Crippen molar-refractivity contribution >= 4 is 5.96 Å². The minimum Gasteiger partial charge on any atom is -0.393 e. The molecule has 0 heterocycles. The van der Waals surface area contributed by atoms with E-state index in [1.54, 1.807) is 0 Å². The highest BCUT2D eigenvalue weighted by atomic mass is 16.3. The van der Waals surface area contributed by atoms with Gasteiger partial charge in [0.25, 0.3) is 0 Å². The molecule has 4 heteroatoms. The topological polar surface area (TPSA) is 70.6 Å². The molecular weight excluding hydrogens is 178 g/mol. The maximum absolute atomic E-state index is 9.31. The fourth-order valence-corrected chi connectivity index (χ4v) is 1.75. The van der Waals surface area contributed by atoms with Gasteiger partial charge in [0.15, 0.2) is 5.96 Å². The van der Waals surface area contributed by atoms with Gasteiger partial charge < -0.3 is 16.2 Å². The third kappa shape index (κ3) is 3.96. The van der Waals surface area contributed by atoms with Gasteiger partial charge in [0.1, 0.15) is 0 Å². The van der Waals surface area contributed by atoms with Gasteiger partial charge in [-0.05, 0) is 31.6 Å². The zero-order valence-electron chi connectivity index (χ0n) is 8.87. The molecule has 0 spiro atoms. The molecular formula is C10H21N3O. The first-order valence-electron chi connectivity index (χ1n) is 5.44. The predicted molar refractivity (Wildman–Crippen MR) is 58.1 cm³/mol. The SMILES string of the molecule is CCCNC(N)=NCC1CCC(O)C1. The minimum atomic E-state index is -0.111. The lowest BCUT2D eigenvalue weighted by Gasteiger charge is -2.07. The molecule has 4 nitrogen and oxygen atoms in total. The Bertz CT molecular complexity index is 194. The maximum atomic E-state index is 9.31. The first kappa shape index (κ1) is 11.3. The van der Waals surface area contributed by atoms with Crippen LogP contribution in [0.15, 0.2) is 4.99 Å². The molecule has 1 fully saturated rings.